The normalized spacial score (nSPS) is 22.1. The SMILES string of the molecule is CCn1cc(C(=O)O)c(=O)c2cc(F)c(N3CC4CC3CN4)c(F)c21. The summed E-state index contributed by atoms with van der Waals surface area (Å²) in [7, 11) is 0. The van der Waals surface area contributed by atoms with E-state index in [1.165, 1.54) is 4.57 Å². The summed E-state index contributed by atoms with van der Waals surface area (Å²) in [5.74, 6) is -3.06. The number of aromatic carboxylic acids is 1. The van der Waals surface area contributed by atoms with Crippen molar-refractivity contribution in [2.45, 2.75) is 32.0 Å². The third-order valence-electron chi connectivity index (χ3n) is 5.14. The summed E-state index contributed by atoms with van der Waals surface area (Å²) in [5.41, 5.74) is -1.55. The number of hydrogen-bond donors (Lipinski definition) is 2. The Balaban J connectivity index is 2.00. The van der Waals surface area contributed by atoms with Crippen LogP contribution in [0.1, 0.15) is 23.7 Å². The zero-order valence-corrected chi connectivity index (χ0v) is 13.6. The van der Waals surface area contributed by atoms with Gasteiger partial charge in [0.15, 0.2) is 5.82 Å². The van der Waals surface area contributed by atoms with Crippen LogP contribution in [0, 0.1) is 11.6 Å². The number of benzene rings is 1. The van der Waals surface area contributed by atoms with Crippen LogP contribution in [-0.2, 0) is 6.54 Å². The van der Waals surface area contributed by atoms with Crippen molar-refractivity contribution in [1.82, 2.24) is 9.88 Å². The minimum atomic E-state index is -1.41. The summed E-state index contributed by atoms with van der Waals surface area (Å²) in [5, 5.41) is 12.2. The Hall–Kier alpha value is -2.48. The molecule has 6 nitrogen and oxygen atoms in total. The van der Waals surface area contributed by atoms with Crippen molar-refractivity contribution in [1.29, 1.82) is 0 Å². The van der Waals surface area contributed by atoms with E-state index in [4.69, 9.17) is 5.11 Å². The molecule has 2 fully saturated rings. The van der Waals surface area contributed by atoms with Gasteiger partial charge in [-0.25, -0.2) is 13.6 Å². The van der Waals surface area contributed by atoms with E-state index in [9.17, 15) is 14.0 Å². The van der Waals surface area contributed by atoms with E-state index in [1.807, 2.05) is 0 Å². The van der Waals surface area contributed by atoms with E-state index >= 15 is 4.39 Å². The molecule has 2 bridgehead atoms. The highest BCUT2D eigenvalue weighted by Gasteiger charge is 2.40. The van der Waals surface area contributed by atoms with Gasteiger partial charge in [-0.1, -0.05) is 0 Å². The van der Waals surface area contributed by atoms with Crippen LogP contribution in [0.4, 0.5) is 14.5 Å². The number of hydrogen-bond acceptors (Lipinski definition) is 4. The van der Waals surface area contributed by atoms with Crippen molar-refractivity contribution in [2.75, 3.05) is 18.0 Å². The number of fused-ring (bicyclic) bond motifs is 3. The van der Waals surface area contributed by atoms with Crippen LogP contribution in [0.3, 0.4) is 0 Å². The Bertz CT molecular complexity index is 957. The summed E-state index contributed by atoms with van der Waals surface area (Å²) in [6, 6.07) is 1.20. The van der Waals surface area contributed by atoms with Crippen molar-refractivity contribution in [3.63, 3.8) is 0 Å². The molecule has 0 amide bonds. The fraction of sp³-hybridized carbons (Fsp3) is 0.412. The number of carbonyl (C=O) groups is 1. The number of carboxylic acids is 1. The number of halogens is 2. The van der Waals surface area contributed by atoms with Gasteiger partial charge < -0.3 is 19.9 Å². The van der Waals surface area contributed by atoms with Crippen LogP contribution in [0.2, 0.25) is 0 Å². The number of aryl methyl sites for hydroxylation is 1. The monoisotopic (exact) mass is 349 g/mol. The zero-order valence-electron chi connectivity index (χ0n) is 13.6. The predicted molar refractivity (Wildman–Crippen MR) is 88.3 cm³/mol. The van der Waals surface area contributed by atoms with Gasteiger partial charge in [0.25, 0.3) is 0 Å². The second-order valence-corrected chi connectivity index (χ2v) is 6.53. The molecule has 2 atom stereocenters. The second-order valence-electron chi connectivity index (χ2n) is 6.53. The number of anilines is 1. The maximum Gasteiger partial charge on any atom is 0.341 e. The van der Waals surface area contributed by atoms with Gasteiger partial charge in [-0.2, -0.15) is 0 Å². The first-order chi connectivity index (χ1) is 11.9. The Morgan fingerprint density at radius 3 is 2.76 bits per heavy atom. The number of pyridine rings is 1. The quantitative estimate of drug-likeness (QED) is 0.879. The molecule has 2 aliphatic rings. The fourth-order valence-electron chi connectivity index (χ4n) is 3.98. The van der Waals surface area contributed by atoms with Gasteiger partial charge in [-0.05, 0) is 19.4 Å². The molecule has 2 unspecified atom stereocenters. The lowest BCUT2D eigenvalue weighted by Crippen LogP contribution is -2.44. The third kappa shape index (κ3) is 2.24. The summed E-state index contributed by atoms with van der Waals surface area (Å²) < 4.78 is 31.3. The van der Waals surface area contributed by atoms with Crippen molar-refractivity contribution in [2.24, 2.45) is 0 Å². The van der Waals surface area contributed by atoms with Crippen molar-refractivity contribution in [3.05, 3.63) is 39.7 Å². The van der Waals surface area contributed by atoms with Crippen LogP contribution in [-0.4, -0.2) is 40.8 Å². The number of rotatable bonds is 3. The maximum atomic E-state index is 15.3. The Morgan fingerprint density at radius 1 is 1.44 bits per heavy atom. The van der Waals surface area contributed by atoms with Gasteiger partial charge in [0, 0.05) is 37.9 Å². The van der Waals surface area contributed by atoms with E-state index in [1.54, 1.807) is 11.8 Å². The lowest BCUT2D eigenvalue weighted by atomic mass is 10.1. The highest BCUT2D eigenvalue weighted by molar-refractivity contribution is 5.93. The van der Waals surface area contributed by atoms with Crippen LogP contribution >= 0.6 is 0 Å². The van der Waals surface area contributed by atoms with E-state index in [2.05, 4.69) is 5.32 Å². The molecule has 4 rings (SSSR count). The van der Waals surface area contributed by atoms with Crippen LogP contribution in [0.5, 0.6) is 0 Å². The number of carboxylic acid groups (broad SMARTS) is 1. The lowest BCUT2D eigenvalue weighted by Gasteiger charge is -2.30. The molecule has 8 heteroatoms. The van der Waals surface area contributed by atoms with Gasteiger partial charge >= 0.3 is 5.97 Å². The number of nitrogens with zero attached hydrogens (tertiary/aromatic N) is 2. The molecule has 2 saturated heterocycles. The highest BCUT2D eigenvalue weighted by atomic mass is 19.1. The summed E-state index contributed by atoms with van der Waals surface area (Å²) in [6.45, 7) is 3.14. The van der Waals surface area contributed by atoms with Gasteiger partial charge in [0.05, 0.1) is 10.9 Å². The van der Waals surface area contributed by atoms with Crippen molar-refractivity contribution < 1.29 is 18.7 Å². The average molecular weight is 349 g/mol. The number of aromatic nitrogens is 1. The average Bonchev–Trinajstić information content (AvgIpc) is 3.18. The molecule has 25 heavy (non-hydrogen) atoms. The minimum Gasteiger partial charge on any atom is -0.477 e. The summed E-state index contributed by atoms with van der Waals surface area (Å²) in [6.07, 6.45) is 1.95. The molecule has 2 N–H and O–H groups in total. The zero-order chi connectivity index (χ0) is 17.9. The molecule has 0 spiro atoms. The van der Waals surface area contributed by atoms with Crippen molar-refractivity contribution in [3.8, 4) is 0 Å². The van der Waals surface area contributed by atoms with E-state index in [0.29, 0.717) is 13.1 Å². The largest absolute Gasteiger partial charge is 0.477 e. The van der Waals surface area contributed by atoms with E-state index in [-0.39, 0.29) is 35.2 Å². The molecule has 3 heterocycles. The van der Waals surface area contributed by atoms with Crippen LogP contribution in [0.25, 0.3) is 10.9 Å². The summed E-state index contributed by atoms with van der Waals surface area (Å²) in [4.78, 5) is 25.3. The van der Waals surface area contributed by atoms with Gasteiger partial charge in [0.2, 0.25) is 5.43 Å². The molecular formula is C17H17F2N3O3. The number of piperazine rings is 1. The predicted octanol–water partition coefficient (Wildman–Crippen LogP) is 1.55. The molecular weight excluding hydrogens is 332 g/mol. The topological polar surface area (TPSA) is 74.6 Å². The maximum absolute atomic E-state index is 15.3. The molecule has 1 aromatic carbocycles. The van der Waals surface area contributed by atoms with Crippen molar-refractivity contribution >= 4 is 22.6 Å². The molecule has 0 saturated carbocycles. The first-order valence-corrected chi connectivity index (χ1v) is 8.20. The first kappa shape index (κ1) is 16.0. The van der Waals surface area contributed by atoms with Crippen LogP contribution in [0.15, 0.2) is 17.1 Å². The molecule has 1 aromatic heterocycles. The standard InChI is InChI=1S/C17H17F2N3O3/c1-2-21-7-11(17(24)25)16(23)10-4-12(18)15(13(19)14(10)21)22-6-8-3-9(22)5-20-8/h4,7-9,20H,2-3,5-6H2,1H3,(H,24,25). The molecule has 2 aliphatic heterocycles. The van der Waals surface area contributed by atoms with E-state index in [0.717, 1.165) is 18.7 Å². The van der Waals surface area contributed by atoms with Crippen LogP contribution < -0.4 is 15.6 Å². The smallest absolute Gasteiger partial charge is 0.341 e. The molecule has 0 aliphatic carbocycles. The third-order valence-corrected chi connectivity index (χ3v) is 5.14. The summed E-state index contributed by atoms with van der Waals surface area (Å²) >= 11 is 0. The van der Waals surface area contributed by atoms with E-state index < -0.39 is 28.6 Å². The Labute approximate surface area is 141 Å². The Morgan fingerprint density at radius 2 is 2.20 bits per heavy atom. The number of nitrogens with one attached hydrogen (secondary N) is 1. The van der Waals surface area contributed by atoms with Gasteiger partial charge in [-0.15, -0.1) is 0 Å². The molecule has 132 valence electrons. The fourth-order valence-corrected chi connectivity index (χ4v) is 3.98. The second kappa shape index (κ2) is 5.52. The van der Waals surface area contributed by atoms with Gasteiger partial charge in [-0.3, -0.25) is 4.79 Å². The Kier molecular flexibility index (Phi) is 3.54. The molecule has 0 radical (unpaired) electrons. The highest BCUT2D eigenvalue weighted by Crippen LogP contribution is 2.36. The van der Waals surface area contributed by atoms with Gasteiger partial charge in [0.1, 0.15) is 17.1 Å². The first-order valence-electron chi connectivity index (χ1n) is 8.20. The molecule has 2 aromatic rings. The lowest BCUT2D eigenvalue weighted by molar-refractivity contribution is 0.0695. The minimum absolute atomic E-state index is 0.0199.